The zero-order chi connectivity index (χ0) is 11.3. The Balaban J connectivity index is 2.64. The molecule has 0 saturated heterocycles. The fraction of sp³-hybridized carbons (Fsp3) is 0.200. The molecule has 0 unspecified atom stereocenters. The number of thioether (sulfide) groups is 1. The summed E-state index contributed by atoms with van der Waals surface area (Å²) < 4.78 is 0. The third-order valence-electron chi connectivity index (χ3n) is 1.65. The zero-order valence-corrected chi connectivity index (χ0v) is 9.55. The molecule has 0 spiro atoms. The predicted molar refractivity (Wildman–Crippen MR) is 62.7 cm³/mol. The number of carboxylic acid groups (broad SMARTS) is 1. The fourth-order valence-electron chi connectivity index (χ4n) is 0.939. The zero-order valence-electron chi connectivity index (χ0n) is 7.84. The molecule has 0 aliphatic heterocycles. The van der Waals surface area contributed by atoms with Crippen LogP contribution in [0.1, 0.15) is 16.8 Å². The highest BCUT2D eigenvalue weighted by Crippen LogP contribution is 2.20. The van der Waals surface area contributed by atoms with Gasteiger partial charge in [0.1, 0.15) is 0 Å². The van der Waals surface area contributed by atoms with Gasteiger partial charge < -0.3 is 5.11 Å². The predicted octanol–water partition coefficient (Wildman–Crippen LogP) is 2.32. The number of thiol groups is 1. The first-order valence-corrected chi connectivity index (χ1v) is 5.73. The largest absolute Gasteiger partial charge is 0.478 e. The van der Waals surface area contributed by atoms with Gasteiger partial charge in [0, 0.05) is 11.3 Å². The summed E-state index contributed by atoms with van der Waals surface area (Å²) in [7, 11) is 0. The van der Waals surface area contributed by atoms with Gasteiger partial charge in [-0.3, -0.25) is 4.79 Å². The van der Waals surface area contributed by atoms with E-state index in [0.717, 1.165) is 16.7 Å². The van der Waals surface area contributed by atoms with Gasteiger partial charge in [0.05, 0.1) is 5.56 Å². The fourth-order valence-corrected chi connectivity index (χ4v) is 2.03. The lowest BCUT2D eigenvalue weighted by molar-refractivity contribution is -0.110. The second kappa shape index (κ2) is 5.82. The number of aromatic carboxylic acids is 1. The van der Waals surface area contributed by atoms with E-state index in [4.69, 9.17) is 5.11 Å². The molecule has 5 heteroatoms. The number of hydrogen-bond acceptors (Lipinski definition) is 4. The maximum atomic E-state index is 11.2. The van der Waals surface area contributed by atoms with Crippen LogP contribution in [-0.2, 0) is 4.79 Å². The van der Waals surface area contributed by atoms with E-state index in [-0.39, 0.29) is 10.7 Å². The number of carbonyl (C=O) groups is 2. The number of carbonyl (C=O) groups excluding carboxylic acids is 1. The van der Waals surface area contributed by atoms with Crippen molar-refractivity contribution in [2.45, 2.75) is 11.3 Å². The van der Waals surface area contributed by atoms with Crippen LogP contribution in [0.4, 0.5) is 0 Å². The van der Waals surface area contributed by atoms with Crippen LogP contribution in [-0.4, -0.2) is 21.9 Å². The van der Waals surface area contributed by atoms with Crippen molar-refractivity contribution < 1.29 is 14.7 Å². The van der Waals surface area contributed by atoms with Crippen molar-refractivity contribution in [3.8, 4) is 0 Å². The monoisotopic (exact) mass is 242 g/mol. The number of rotatable bonds is 4. The molecule has 0 aliphatic rings. The molecule has 1 rings (SSSR count). The van der Waals surface area contributed by atoms with Gasteiger partial charge in [0.2, 0.25) is 0 Å². The normalized spacial score (nSPS) is 9.93. The molecule has 0 atom stereocenters. The van der Waals surface area contributed by atoms with E-state index in [1.165, 1.54) is 12.1 Å². The van der Waals surface area contributed by atoms with Crippen molar-refractivity contribution in [1.29, 1.82) is 0 Å². The molecule has 0 heterocycles. The molecule has 0 bridgehead atoms. The SMILES string of the molecule is O=C(CCS)Sc1ccc(C(=O)O)cc1. The van der Waals surface area contributed by atoms with Crippen LogP contribution in [0.2, 0.25) is 0 Å². The highest BCUT2D eigenvalue weighted by Gasteiger charge is 2.05. The first-order valence-electron chi connectivity index (χ1n) is 4.28. The van der Waals surface area contributed by atoms with Gasteiger partial charge in [-0.05, 0) is 30.0 Å². The Morgan fingerprint density at radius 2 is 1.87 bits per heavy atom. The molecule has 80 valence electrons. The smallest absolute Gasteiger partial charge is 0.335 e. The molecule has 1 N–H and O–H groups in total. The molecule has 1 aromatic carbocycles. The van der Waals surface area contributed by atoms with Gasteiger partial charge >= 0.3 is 5.97 Å². The molecule has 0 fully saturated rings. The molecule has 15 heavy (non-hydrogen) atoms. The van der Waals surface area contributed by atoms with Crippen molar-refractivity contribution >= 4 is 35.5 Å². The van der Waals surface area contributed by atoms with Gasteiger partial charge in [-0.1, -0.05) is 11.8 Å². The molecule has 0 radical (unpaired) electrons. The summed E-state index contributed by atoms with van der Waals surface area (Å²) in [5.41, 5.74) is 0.223. The van der Waals surface area contributed by atoms with Crippen molar-refractivity contribution in [2.75, 3.05) is 5.75 Å². The highest BCUT2D eigenvalue weighted by atomic mass is 32.2. The van der Waals surface area contributed by atoms with Crippen LogP contribution in [0.5, 0.6) is 0 Å². The van der Waals surface area contributed by atoms with Gasteiger partial charge in [-0.25, -0.2) is 4.79 Å². The van der Waals surface area contributed by atoms with E-state index < -0.39 is 5.97 Å². The molecular weight excluding hydrogens is 232 g/mol. The van der Waals surface area contributed by atoms with Gasteiger partial charge in [0.15, 0.2) is 5.12 Å². The lowest BCUT2D eigenvalue weighted by Gasteiger charge is -1.99. The summed E-state index contributed by atoms with van der Waals surface area (Å²) in [6, 6.07) is 6.23. The van der Waals surface area contributed by atoms with Crippen molar-refractivity contribution in [3.05, 3.63) is 29.8 Å². The highest BCUT2D eigenvalue weighted by molar-refractivity contribution is 8.13. The summed E-state index contributed by atoms with van der Waals surface area (Å²) >= 11 is 5.07. The number of benzene rings is 1. The average molecular weight is 242 g/mol. The van der Waals surface area contributed by atoms with Gasteiger partial charge in [-0.15, -0.1) is 0 Å². The minimum Gasteiger partial charge on any atom is -0.478 e. The van der Waals surface area contributed by atoms with Gasteiger partial charge in [0.25, 0.3) is 0 Å². The molecule has 0 aliphatic carbocycles. The standard InChI is InChI=1S/C10H10O3S2/c11-9(5-6-14)15-8-3-1-7(2-4-8)10(12)13/h1-4,14H,5-6H2,(H,12,13). The summed E-state index contributed by atoms with van der Waals surface area (Å²) in [5.74, 6) is -0.438. The minimum absolute atomic E-state index is 0.0353. The van der Waals surface area contributed by atoms with Crippen LogP contribution >= 0.6 is 24.4 Å². The lowest BCUT2D eigenvalue weighted by atomic mass is 10.2. The van der Waals surface area contributed by atoms with E-state index in [0.29, 0.717) is 12.2 Å². The van der Waals surface area contributed by atoms with Crippen LogP contribution in [0.3, 0.4) is 0 Å². The summed E-state index contributed by atoms with van der Waals surface area (Å²) in [4.78, 5) is 22.5. The third kappa shape index (κ3) is 3.97. The third-order valence-corrected chi connectivity index (χ3v) is 2.81. The molecule has 0 amide bonds. The maximum absolute atomic E-state index is 11.2. The quantitative estimate of drug-likeness (QED) is 0.628. The Labute approximate surface area is 97.3 Å². The minimum atomic E-state index is -0.965. The van der Waals surface area contributed by atoms with Crippen LogP contribution in [0.25, 0.3) is 0 Å². The van der Waals surface area contributed by atoms with Crippen LogP contribution < -0.4 is 0 Å². The Kier molecular flexibility index (Phi) is 4.71. The summed E-state index contributed by atoms with van der Waals surface area (Å²) in [6.45, 7) is 0. The Bertz CT molecular complexity index is 359. The topological polar surface area (TPSA) is 54.4 Å². The molecule has 1 aromatic rings. The van der Waals surface area contributed by atoms with E-state index >= 15 is 0 Å². The van der Waals surface area contributed by atoms with Gasteiger partial charge in [-0.2, -0.15) is 12.6 Å². The Hall–Kier alpha value is -0.940. The number of hydrogen-bond donors (Lipinski definition) is 2. The summed E-state index contributed by atoms with van der Waals surface area (Å²) in [5, 5.41) is 8.69. The second-order valence-electron chi connectivity index (χ2n) is 2.78. The molecular formula is C10H10O3S2. The summed E-state index contributed by atoms with van der Waals surface area (Å²) in [6.07, 6.45) is 0.411. The molecule has 0 aromatic heterocycles. The van der Waals surface area contributed by atoms with E-state index in [2.05, 4.69) is 12.6 Å². The maximum Gasteiger partial charge on any atom is 0.335 e. The van der Waals surface area contributed by atoms with Crippen LogP contribution in [0.15, 0.2) is 29.2 Å². The first kappa shape index (κ1) is 12.1. The Morgan fingerprint density at radius 3 is 2.33 bits per heavy atom. The van der Waals surface area contributed by atoms with Crippen molar-refractivity contribution in [2.24, 2.45) is 0 Å². The van der Waals surface area contributed by atoms with E-state index in [9.17, 15) is 9.59 Å². The Morgan fingerprint density at radius 1 is 1.27 bits per heavy atom. The van der Waals surface area contributed by atoms with Crippen LogP contribution in [0, 0.1) is 0 Å². The van der Waals surface area contributed by atoms with E-state index in [1.54, 1.807) is 12.1 Å². The first-order chi connectivity index (χ1) is 7.13. The average Bonchev–Trinajstić information content (AvgIpc) is 2.18. The second-order valence-corrected chi connectivity index (χ2v) is 4.36. The lowest BCUT2D eigenvalue weighted by Crippen LogP contribution is -1.96. The van der Waals surface area contributed by atoms with E-state index in [1.807, 2.05) is 0 Å². The van der Waals surface area contributed by atoms with Crippen molar-refractivity contribution in [3.63, 3.8) is 0 Å². The van der Waals surface area contributed by atoms with Crippen molar-refractivity contribution in [1.82, 2.24) is 0 Å². The number of carboxylic acids is 1. The molecule has 0 saturated carbocycles. The molecule has 3 nitrogen and oxygen atoms in total.